The zero-order valence-corrected chi connectivity index (χ0v) is 13.4. The zero-order chi connectivity index (χ0) is 15.9. The average molecular weight is 301 g/mol. The maximum absolute atomic E-state index is 5.94. The number of hydrogen-bond donors (Lipinski definition) is 1. The van der Waals surface area contributed by atoms with Crippen molar-refractivity contribution in [1.29, 1.82) is 0 Å². The van der Waals surface area contributed by atoms with Crippen molar-refractivity contribution >= 4 is 17.1 Å². The molecule has 2 N–H and O–H groups in total. The third-order valence-electron chi connectivity index (χ3n) is 3.80. The molecule has 0 amide bonds. The van der Waals surface area contributed by atoms with Gasteiger partial charge in [0.15, 0.2) is 11.1 Å². The summed E-state index contributed by atoms with van der Waals surface area (Å²) >= 11 is 0. The van der Waals surface area contributed by atoms with Gasteiger partial charge in [0.25, 0.3) is 0 Å². The molecular weight excluding hydrogens is 280 g/mol. The van der Waals surface area contributed by atoms with E-state index in [4.69, 9.17) is 5.73 Å². The molecule has 0 fully saturated rings. The molecule has 0 spiro atoms. The van der Waals surface area contributed by atoms with Crippen LogP contribution in [-0.4, -0.2) is 30.2 Å². The fraction of sp³-hybridized carbons (Fsp3) is 0.429. The number of rotatable bonds is 3. The van der Waals surface area contributed by atoms with Crippen LogP contribution in [0.1, 0.15) is 5.69 Å². The molecule has 8 nitrogen and oxygen atoms in total. The summed E-state index contributed by atoms with van der Waals surface area (Å²) in [7, 11) is 7.83. The molecule has 0 saturated heterocycles. The third-order valence-corrected chi connectivity index (χ3v) is 3.80. The molecule has 0 atom stereocenters. The molecular formula is C14H21N8+. The predicted molar refractivity (Wildman–Crippen MR) is 82.6 cm³/mol. The summed E-state index contributed by atoms with van der Waals surface area (Å²) in [5, 5.41) is 0. The van der Waals surface area contributed by atoms with E-state index in [0.29, 0.717) is 18.0 Å². The van der Waals surface area contributed by atoms with Gasteiger partial charge >= 0.3 is 0 Å². The summed E-state index contributed by atoms with van der Waals surface area (Å²) in [5.41, 5.74) is 9.50. The number of nitrogens with two attached hydrogens (primary N) is 1. The van der Waals surface area contributed by atoms with Crippen molar-refractivity contribution in [3.8, 4) is 0 Å². The van der Waals surface area contributed by atoms with E-state index in [2.05, 4.69) is 25.7 Å². The van der Waals surface area contributed by atoms with Gasteiger partial charge in [0.05, 0.1) is 20.4 Å². The van der Waals surface area contributed by atoms with Crippen molar-refractivity contribution in [2.24, 2.45) is 33.2 Å². The van der Waals surface area contributed by atoms with Gasteiger partial charge in [0, 0.05) is 27.1 Å². The van der Waals surface area contributed by atoms with E-state index in [1.165, 1.54) is 5.69 Å². The molecule has 0 radical (unpaired) electrons. The summed E-state index contributed by atoms with van der Waals surface area (Å²) in [6.07, 6.45) is 6.73. The summed E-state index contributed by atoms with van der Waals surface area (Å²) in [6.45, 7) is 0.651. The van der Waals surface area contributed by atoms with Gasteiger partial charge in [-0.3, -0.25) is 9.56 Å². The molecule has 0 aliphatic heterocycles. The van der Waals surface area contributed by atoms with E-state index in [9.17, 15) is 0 Å². The lowest BCUT2D eigenvalue weighted by Crippen LogP contribution is -2.23. The molecule has 0 bridgehead atoms. The van der Waals surface area contributed by atoms with Crippen LogP contribution in [0.3, 0.4) is 0 Å². The Hall–Kier alpha value is -2.64. The highest BCUT2D eigenvalue weighted by molar-refractivity contribution is 5.71. The van der Waals surface area contributed by atoms with Crippen LogP contribution < -0.4 is 15.8 Å². The van der Waals surface area contributed by atoms with Gasteiger partial charge in [0.1, 0.15) is 17.4 Å². The molecule has 3 aromatic rings. The topological polar surface area (TPSA) is 82.8 Å². The lowest BCUT2D eigenvalue weighted by Gasteiger charge is -2.05. The average Bonchev–Trinajstić information content (AvgIpc) is 2.99. The van der Waals surface area contributed by atoms with Crippen molar-refractivity contribution in [2.75, 3.05) is 12.3 Å². The Morgan fingerprint density at radius 3 is 2.73 bits per heavy atom. The molecule has 3 heterocycles. The first-order valence-corrected chi connectivity index (χ1v) is 7.12. The van der Waals surface area contributed by atoms with Gasteiger partial charge in [-0.25, -0.2) is 14.1 Å². The maximum atomic E-state index is 5.94. The van der Waals surface area contributed by atoms with Gasteiger partial charge in [-0.2, -0.15) is 4.98 Å². The SMILES string of the molecule is Cn1c[n+](C)cc1CCN=c1nc(N)n(C)c2ncn(C)c12. The maximum Gasteiger partial charge on any atom is 0.243 e. The normalized spacial score (nSPS) is 12.5. The summed E-state index contributed by atoms with van der Waals surface area (Å²) in [5.74, 6) is 0.412. The molecule has 3 rings (SSSR count). The van der Waals surface area contributed by atoms with E-state index in [-0.39, 0.29) is 0 Å². The molecule has 0 aliphatic carbocycles. The number of nitrogen functional groups attached to an aromatic ring is 1. The Morgan fingerprint density at radius 1 is 1.27 bits per heavy atom. The van der Waals surface area contributed by atoms with Gasteiger partial charge in [-0.05, 0) is 0 Å². The highest BCUT2D eigenvalue weighted by atomic mass is 15.2. The van der Waals surface area contributed by atoms with Crippen LogP contribution in [0.4, 0.5) is 5.95 Å². The summed E-state index contributed by atoms with van der Waals surface area (Å²) in [4.78, 5) is 13.4. The standard InChI is InChI=1S/C14H21N8/c1-19-7-10(21(3)9-19)5-6-16-12-11-13(17-8-20(11)2)22(4)14(15)18-12/h7-9H,5-6H2,1-4H3,(H2,15,16,18)/q+1. The first-order valence-electron chi connectivity index (χ1n) is 7.12. The highest BCUT2D eigenvalue weighted by Crippen LogP contribution is 2.08. The van der Waals surface area contributed by atoms with Crippen LogP contribution in [0.25, 0.3) is 11.2 Å². The number of anilines is 1. The second kappa shape index (κ2) is 5.28. The molecule has 3 aromatic heterocycles. The molecule has 8 heteroatoms. The second-order valence-corrected chi connectivity index (χ2v) is 5.52. The van der Waals surface area contributed by atoms with Crippen LogP contribution in [0, 0.1) is 0 Å². The first-order chi connectivity index (χ1) is 10.5. The van der Waals surface area contributed by atoms with E-state index >= 15 is 0 Å². The van der Waals surface area contributed by atoms with E-state index in [1.54, 1.807) is 10.9 Å². The van der Waals surface area contributed by atoms with Crippen LogP contribution in [0.15, 0.2) is 23.8 Å². The van der Waals surface area contributed by atoms with Crippen LogP contribution in [-0.2, 0) is 34.6 Å². The molecule has 0 aromatic carbocycles. The largest absolute Gasteiger partial charge is 0.369 e. The number of fused-ring (bicyclic) bond motifs is 1. The van der Waals surface area contributed by atoms with E-state index in [1.807, 2.05) is 43.7 Å². The smallest absolute Gasteiger partial charge is 0.243 e. The van der Waals surface area contributed by atoms with Crippen LogP contribution in [0.5, 0.6) is 0 Å². The Balaban J connectivity index is 1.97. The minimum atomic E-state index is 0.412. The lowest BCUT2D eigenvalue weighted by molar-refractivity contribution is -0.671. The monoisotopic (exact) mass is 301 g/mol. The Kier molecular flexibility index (Phi) is 3.44. The van der Waals surface area contributed by atoms with Crippen LogP contribution >= 0.6 is 0 Å². The van der Waals surface area contributed by atoms with Gasteiger partial charge in [-0.15, -0.1) is 0 Å². The van der Waals surface area contributed by atoms with Crippen molar-refractivity contribution in [1.82, 2.24) is 23.7 Å². The van der Waals surface area contributed by atoms with Gasteiger partial charge in [0.2, 0.25) is 12.3 Å². The second-order valence-electron chi connectivity index (χ2n) is 5.52. The van der Waals surface area contributed by atoms with Crippen molar-refractivity contribution in [2.45, 2.75) is 6.42 Å². The molecule has 0 unspecified atom stereocenters. The molecule has 0 saturated carbocycles. The summed E-state index contributed by atoms with van der Waals surface area (Å²) < 4.78 is 7.82. The lowest BCUT2D eigenvalue weighted by atomic mass is 10.3. The fourth-order valence-corrected chi connectivity index (χ4v) is 2.60. The van der Waals surface area contributed by atoms with Crippen LogP contribution in [0.2, 0.25) is 0 Å². The third kappa shape index (κ3) is 2.36. The Morgan fingerprint density at radius 2 is 2.05 bits per heavy atom. The Bertz CT molecular complexity index is 896. The zero-order valence-electron chi connectivity index (χ0n) is 13.4. The number of hydrogen-bond acceptors (Lipinski definition) is 4. The minimum absolute atomic E-state index is 0.412. The minimum Gasteiger partial charge on any atom is -0.369 e. The highest BCUT2D eigenvalue weighted by Gasteiger charge is 2.10. The van der Waals surface area contributed by atoms with Gasteiger partial charge in [-0.1, -0.05) is 0 Å². The predicted octanol–water partition coefficient (Wildman–Crippen LogP) is -0.805. The van der Waals surface area contributed by atoms with Crippen molar-refractivity contribution < 1.29 is 4.57 Å². The number of nitrogens with zero attached hydrogens (tertiary/aromatic N) is 7. The van der Waals surface area contributed by atoms with E-state index < -0.39 is 0 Å². The number of aromatic nitrogens is 6. The Labute approximate surface area is 128 Å². The molecule has 0 aliphatic rings. The molecule has 22 heavy (non-hydrogen) atoms. The fourth-order valence-electron chi connectivity index (χ4n) is 2.60. The van der Waals surface area contributed by atoms with E-state index in [0.717, 1.165) is 17.6 Å². The summed E-state index contributed by atoms with van der Waals surface area (Å²) in [6, 6.07) is 0. The number of imidazole rings is 2. The van der Waals surface area contributed by atoms with Gasteiger partial charge < -0.3 is 10.3 Å². The van der Waals surface area contributed by atoms with Crippen molar-refractivity contribution in [3.05, 3.63) is 30.0 Å². The van der Waals surface area contributed by atoms with Crippen molar-refractivity contribution in [3.63, 3.8) is 0 Å². The quantitative estimate of drug-likeness (QED) is 0.643. The first kappa shape index (κ1) is 14.3. The molecule has 116 valence electrons. The number of aryl methyl sites for hydroxylation is 4.